The van der Waals surface area contributed by atoms with Gasteiger partial charge in [-0.1, -0.05) is 18.6 Å². The maximum atomic E-state index is 4.28. The zero-order chi connectivity index (χ0) is 10.8. The Morgan fingerprint density at radius 1 is 1.25 bits per heavy atom. The predicted molar refractivity (Wildman–Crippen MR) is 64.1 cm³/mol. The number of fused-ring (bicyclic) bond motifs is 1. The molecule has 1 fully saturated rings. The molecule has 3 rings (SSSR count). The summed E-state index contributed by atoms with van der Waals surface area (Å²) in [7, 11) is 0. The van der Waals surface area contributed by atoms with Gasteiger partial charge < -0.3 is 4.98 Å². The number of H-pyrrole nitrogens is 1. The molecule has 0 amide bonds. The van der Waals surface area contributed by atoms with Crippen molar-refractivity contribution in [3.63, 3.8) is 0 Å². The SMILES string of the molecule is [c]1nc2c(CN3CCCCC3)cccc2[nH]1. The molecule has 0 aliphatic carbocycles. The lowest BCUT2D eigenvalue weighted by atomic mass is 10.1. The Kier molecular flexibility index (Phi) is 2.62. The first kappa shape index (κ1) is 9.85. The Hall–Kier alpha value is -1.35. The van der Waals surface area contributed by atoms with E-state index < -0.39 is 0 Å². The van der Waals surface area contributed by atoms with Crippen LogP contribution in [0.2, 0.25) is 0 Å². The van der Waals surface area contributed by atoms with Gasteiger partial charge in [0.2, 0.25) is 0 Å². The second-order valence-electron chi connectivity index (χ2n) is 4.50. The normalized spacial score (nSPS) is 18.0. The molecular formula is C13H16N3. The fourth-order valence-corrected chi connectivity index (χ4v) is 2.45. The van der Waals surface area contributed by atoms with Gasteiger partial charge in [-0.3, -0.25) is 4.90 Å². The number of hydrogen-bond acceptors (Lipinski definition) is 2. The van der Waals surface area contributed by atoms with Crippen LogP contribution >= 0.6 is 0 Å². The van der Waals surface area contributed by atoms with Gasteiger partial charge in [-0.25, -0.2) is 4.98 Å². The van der Waals surface area contributed by atoms with Gasteiger partial charge >= 0.3 is 0 Å². The Labute approximate surface area is 95.5 Å². The predicted octanol–water partition coefficient (Wildman–Crippen LogP) is 2.35. The molecule has 1 aliphatic rings. The van der Waals surface area contributed by atoms with Crippen LogP contribution in [0.25, 0.3) is 11.0 Å². The van der Waals surface area contributed by atoms with E-state index in [1.807, 2.05) is 0 Å². The van der Waals surface area contributed by atoms with E-state index in [4.69, 9.17) is 0 Å². The molecule has 2 aromatic rings. The smallest absolute Gasteiger partial charge is 0.174 e. The number of imidazole rings is 1. The highest BCUT2D eigenvalue weighted by Crippen LogP contribution is 2.18. The minimum Gasteiger partial charge on any atom is -0.335 e. The molecule has 2 heterocycles. The van der Waals surface area contributed by atoms with Crippen LogP contribution in [0.5, 0.6) is 0 Å². The van der Waals surface area contributed by atoms with Crippen molar-refractivity contribution in [2.75, 3.05) is 13.1 Å². The summed E-state index contributed by atoms with van der Waals surface area (Å²) in [5.74, 6) is 0. The second-order valence-corrected chi connectivity index (χ2v) is 4.50. The van der Waals surface area contributed by atoms with Gasteiger partial charge in [-0.2, -0.15) is 0 Å². The second kappa shape index (κ2) is 4.26. The van der Waals surface area contributed by atoms with Crippen LogP contribution in [-0.4, -0.2) is 28.0 Å². The minimum absolute atomic E-state index is 1.02. The van der Waals surface area contributed by atoms with E-state index in [-0.39, 0.29) is 0 Å². The van der Waals surface area contributed by atoms with E-state index in [1.54, 1.807) is 0 Å². The summed E-state index contributed by atoms with van der Waals surface area (Å²) in [6, 6.07) is 6.32. The third-order valence-electron chi connectivity index (χ3n) is 3.32. The summed E-state index contributed by atoms with van der Waals surface area (Å²) >= 11 is 0. The molecule has 1 aromatic carbocycles. The summed E-state index contributed by atoms with van der Waals surface area (Å²) in [6.45, 7) is 3.48. The molecule has 1 N–H and O–H groups in total. The molecule has 0 unspecified atom stereocenters. The van der Waals surface area contributed by atoms with Crippen molar-refractivity contribution >= 4 is 11.0 Å². The molecule has 1 aromatic heterocycles. The van der Waals surface area contributed by atoms with Crippen LogP contribution in [0, 0.1) is 6.33 Å². The molecule has 3 heteroatoms. The molecule has 0 spiro atoms. The van der Waals surface area contributed by atoms with E-state index in [2.05, 4.69) is 39.4 Å². The summed E-state index contributed by atoms with van der Waals surface area (Å²) in [5.41, 5.74) is 3.49. The third kappa shape index (κ3) is 1.83. The molecule has 83 valence electrons. The highest BCUT2D eigenvalue weighted by atomic mass is 15.1. The van der Waals surface area contributed by atoms with Crippen LogP contribution in [0.15, 0.2) is 18.2 Å². The largest absolute Gasteiger partial charge is 0.335 e. The molecule has 0 bridgehead atoms. The molecule has 3 nitrogen and oxygen atoms in total. The number of hydrogen-bond donors (Lipinski definition) is 1. The van der Waals surface area contributed by atoms with Gasteiger partial charge in [0.25, 0.3) is 0 Å². The molecule has 0 atom stereocenters. The zero-order valence-electron chi connectivity index (χ0n) is 9.37. The summed E-state index contributed by atoms with van der Waals surface area (Å²) in [4.78, 5) is 9.84. The first-order chi connectivity index (χ1) is 7.93. The van der Waals surface area contributed by atoms with E-state index >= 15 is 0 Å². The number of benzene rings is 1. The standard InChI is InChI=1S/C13H16N3/c1-2-7-16(8-3-1)9-11-5-4-6-12-13(11)15-10-14-12/h4-6H,1-3,7-9H2,(H,14,15). The summed E-state index contributed by atoms with van der Waals surface area (Å²) in [6.07, 6.45) is 6.88. The number of para-hydroxylation sites is 1. The molecule has 1 saturated heterocycles. The number of aromatic nitrogens is 2. The monoisotopic (exact) mass is 214 g/mol. The number of piperidine rings is 1. The van der Waals surface area contributed by atoms with Gasteiger partial charge in [-0.15, -0.1) is 0 Å². The van der Waals surface area contributed by atoms with Crippen molar-refractivity contribution < 1.29 is 0 Å². The molecule has 0 saturated carbocycles. The van der Waals surface area contributed by atoms with Crippen molar-refractivity contribution in [1.29, 1.82) is 0 Å². The van der Waals surface area contributed by atoms with Crippen LogP contribution in [-0.2, 0) is 6.54 Å². The average molecular weight is 214 g/mol. The molecular weight excluding hydrogens is 198 g/mol. The first-order valence-corrected chi connectivity index (χ1v) is 5.99. The van der Waals surface area contributed by atoms with Gasteiger partial charge in [0.15, 0.2) is 6.33 Å². The Morgan fingerprint density at radius 2 is 2.12 bits per heavy atom. The molecule has 1 radical (unpaired) electrons. The zero-order valence-corrected chi connectivity index (χ0v) is 9.37. The van der Waals surface area contributed by atoms with Gasteiger partial charge in [0, 0.05) is 6.54 Å². The minimum atomic E-state index is 1.02. The number of likely N-dealkylation sites (tertiary alicyclic amines) is 1. The highest BCUT2D eigenvalue weighted by molar-refractivity contribution is 5.77. The van der Waals surface area contributed by atoms with Gasteiger partial charge in [0.1, 0.15) is 0 Å². The highest BCUT2D eigenvalue weighted by Gasteiger charge is 2.12. The van der Waals surface area contributed by atoms with Crippen LogP contribution in [0.4, 0.5) is 0 Å². The number of rotatable bonds is 2. The fourth-order valence-electron chi connectivity index (χ4n) is 2.45. The quantitative estimate of drug-likeness (QED) is 0.832. The topological polar surface area (TPSA) is 31.9 Å². The maximum Gasteiger partial charge on any atom is 0.174 e. The van der Waals surface area contributed by atoms with Crippen molar-refractivity contribution in [3.8, 4) is 0 Å². The summed E-state index contributed by atoms with van der Waals surface area (Å²) in [5, 5.41) is 0. The number of nitrogens with one attached hydrogen (secondary N) is 1. The van der Waals surface area contributed by atoms with E-state index in [1.165, 1.54) is 37.9 Å². The summed E-state index contributed by atoms with van der Waals surface area (Å²) < 4.78 is 0. The van der Waals surface area contributed by atoms with Crippen LogP contribution in [0.3, 0.4) is 0 Å². The Bertz CT molecular complexity index is 469. The van der Waals surface area contributed by atoms with E-state index in [9.17, 15) is 0 Å². The van der Waals surface area contributed by atoms with Crippen molar-refractivity contribution in [1.82, 2.24) is 14.9 Å². The van der Waals surface area contributed by atoms with Crippen LogP contribution in [0.1, 0.15) is 24.8 Å². The fraction of sp³-hybridized carbons (Fsp3) is 0.462. The maximum absolute atomic E-state index is 4.28. The number of aromatic amines is 1. The first-order valence-electron chi connectivity index (χ1n) is 5.99. The lowest BCUT2D eigenvalue weighted by Gasteiger charge is -2.26. The van der Waals surface area contributed by atoms with Gasteiger partial charge in [0.05, 0.1) is 11.0 Å². The molecule has 1 aliphatic heterocycles. The average Bonchev–Trinajstić information content (AvgIpc) is 2.80. The Morgan fingerprint density at radius 3 is 3.00 bits per heavy atom. The Balaban J connectivity index is 1.85. The van der Waals surface area contributed by atoms with E-state index in [0.29, 0.717) is 0 Å². The lowest BCUT2D eigenvalue weighted by molar-refractivity contribution is 0.221. The van der Waals surface area contributed by atoms with Crippen molar-refractivity contribution in [2.24, 2.45) is 0 Å². The van der Waals surface area contributed by atoms with E-state index in [0.717, 1.165) is 17.6 Å². The number of nitrogens with zero attached hydrogens (tertiary/aromatic N) is 2. The van der Waals surface area contributed by atoms with Crippen LogP contribution < -0.4 is 0 Å². The lowest BCUT2D eigenvalue weighted by Crippen LogP contribution is -2.29. The third-order valence-corrected chi connectivity index (χ3v) is 3.32. The van der Waals surface area contributed by atoms with Crippen molar-refractivity contribution in [2.45, 2.75) is 25.8 Å². The van der Waals surface area contributed by atoms with Gasteiger partial charge in [-0.05, 0) is 37.6 Å². The molecule has 16 heavy (non-hydrogen) atoms. The van der Waals surface area contributed by atoms with Crippen molar-refractivity contribution in [3.05, 3.63) is 30.1 Å².